The van der Waals surface area contributed by atoms with Crippen LogP contribution in [0.2, 0.25) is 0 Å². The highest BCUT2D eigenvalue weighted by molar-refractivity contribution is 5.89. The van der Waals surface area contributed by atoms with Gasteiger partial charge < -0.3 is 20.5 Å². The third kappa shape index (κ3) is 3.98. The van der Waals surface area contributed by atoms with E-state index in [9.17, 15) is 18.0 Å². The van der Waals surface area contributed by atoms with Gasteiger partial charge in [-0.25, -0.2) is 32.0 Å². The van der Waals surface area contributed by atoms with Gasteiger partial charge in [-0.2, -0.15) is 4.98 Å². The van der Waals surface area contributed by atoms with Crippen LogP contribution in [-0.4, -0.2) is 71.7 Å². The number of carbonyl (C=O) groups is 1. The van der Waals surface area contributed by atoms with Crippen molar-refractivity contribution >= 4 is 34.4 Å². The number of imidazole rings is 1. The number of fused-ring (bicyclic) bond motifs is 2. The number of alkyl halides is 3. The molecule has 0 spiro atoms. The van der Waals surface area contributed by atoms with Crippen LogP contribution in [0.4, 0.5) is 29.3 Å². The first-order valence-electron chi connectivity index (χ1n) is 10.7. The van der Waals surface area contributed by atoms with Gasteiger partial charge in [0.2, 0.25) is 11.9 Å². The van der Waals surface area contributed by atoms with E-state index in [0.717, 1.165) is 10.7 Å². The van der Waals surface area contributed by atoms with E-state index >= 15 is 4.39 Å². The summed E-state index contributed by atoms with van der Waals surface area (Å²) < 4.78 is 58.0. The van der Waals surface area contributed by atoms with E-state index in [1.807, 2.05) is 0 Å². The monoisotopic (exact) mass is 491 g/mol. The summed E-state index contributed by atoms with van der Waals surface area (Å²) in [7, 11) is 0. The number of likely N-dealkylation sites (tertiary alicyclic amines) is 1. The zero-order valence-electron chi connectivity index (χ0n) is 18.7. The normalized spacial score (nSPS) is 18.3. The van der Waals surface area contributed by atoms with Gasteiger partial charge in [0, 0.05) is 13.5 Å². The molecule has 184 valence electrons. The molecule has 5 rings (SSSR count). The van der Waals surface area contributed by atoms with Crippen molar-refractivity contribution in [1.82, 2.24) is 34.0 Å². The highest BCUT2D eigenvalue weighted by atomic mass is 19.3. The zero-order valence-corrected chi connectivity index (χ0v) is 18.7. The molecule has 0 radical (unpaired) electrons. The number of nitrogens with zero attached hydrogens (tertiary/aromatic N) is 7. The van der Waals surface area contributed by atoms with Crippen molar-refractivity contribution in [2.45, 2.75) is 39.0 Å². The molecule has 5 heterocycles. The number of anilines is 2. The predicted octanol–water partition coefficient (Wildman–Crippen LogP) is 2.42. The lowest BCUT2D eigenvalue weighted by molar-refractivity contribution is -0.128. The van der Waals surface area contributed by atoms with Gasteiger partial charge in [0.1, 0.15) is 23.0 Å². The molecule has 1 amide bonds. The van der Waals surface area contributed by atoms with Crippen LogP contribution in [0, 0.1) is 12.7 Å². The van der Waals surface area contributed by atoms with E-state index in [0.29, 0.717) is 11.3 Å². The lowest BCUT2D eigenvalue weighted by Gasteiger charge is -2.15. The van der Waals surface area contributed by atoms with Crippen molar-refractivity contribution < 1.29 is 22.4 Å². The van der Waals surface area contributed by atoms with Gasteiger partial charge in [-0.3, -0.25) is 4.79 Å². The van der Waals surface area contributed by atoms with Gasteiger partial charge >= 0.3 is 0 Å². The summed E-state index contributed by atoms with van der Waals surface area (Å²) in [4.78, 5) is 25.7. The Hall–Kier alpha value is -3.97. The van der Waals surface area contributed by atoms with Crippen LogP contribution in [0.15, 0.2) is 18.3 Å². The van der Waals surface area contributed by atoms with Crippen LogP contribution in [-0.2, 0) is 11.3 Å². The lowest BCUT2D eigenvalue weighted by Crippen LogP contribution is -2.32. The Bertz CT molecular complexity index is 1450. The van der Waals surface area contributed by atoms with E-state index < -0.39 is 31.0 Å². The first kappa shape index (κ1) is 22.8. The number of aryl methyl sites for hydroxylation is 1. The fourth-order valence-corrected chi connectivity index (χ4v) is 4.32. The van der Waals surface area contributed by atoms with Crippen molar-refractivity contribution in [3.8, 4) is 11.3 Å². The Labute approximate surface area is 195 Å². The van der Waals surface area contributed by atoms with Crippen LogP contribution in [0.25, 0.3) is 27.9 Å². The largest absolute Gasteiger partial charge is 0.382 e. The SMILES string of the molecule is CC(=O)N1C[C@H](F)[C@H](Nc2nc(N)c3c(-c4ccc5nc(C)n(CC(F)F)c5n4)c(F)cn3n2)C1. The average Bonchev–Trinajstić information content (AvgIpc) is 3.41. The Morgan fingerprint density at radius 1 is 1.26 bits per heavy atom. The Balaban J connectivity index is 1.53. The number of nitrogen functional groups attached to an aromatic ring is 1. The van der Waals surface area contributed by atoms with Gasteiger partial charge in [-0.1, -0.05) is 0 Å². The van der Waals surface area contributed by atoms with Gasteiger partial charge in [0.25, 0.3) is 6.43 Å². The summed E-state index contributed by atoms with van der Waals surface area (Å²) in [5.41, 5.74) is 6.95. The fourth-order valence-electron chi connectivity index (χ4n) is 4.32. The van der Waals surface area contributed by atoms with Crippen LogP contribution in [0.5, 0.6) is 0 Å². The summed E-state index contributed by atoms with van der Waals surface area (Å²) in [6, 6.07) is 2.32. The minimum atomic E-state index is -2.62. The summed E-state index contributed by atoms with van der Waals surface area (Å²) in [5, 5.41) is 7.01. The van der Waals surface area contributed by atoms with Crippen molar-refractivity contribution in [3.63, 3.8) is 0 Å². The number of amides is 1. The molecule has 14 heteroatoms. The number of halogens is 4. The Kier molecular flexibility index (Phi) is 5.44. The molecule has 1 aliphatic rings. The highest BCUT2D eigenvalue weighted by Crippen LogP contribution is 2.32. The number of pyridine rings is 1. The third-order valence-electron chi connectivity index (χ3n) is 5.98. The van der Waals surface area contributed by atoms with E-state index in [2.05, 4.69) is 25.4 Å². The second kappa shape index (κ2) is 8.36. The minimum Gasteiger partial charge on any atom is -0.382 e. The Morgan fingerprint density at radius 2 is 2.03 bits per heavy atom. The quantitative estimate of drug-likeness (QED) is 0.412. The molecular weight excluding hydrogens is 470 g/mol. The molecule has 2 atom stereocenters. The number of nitrogens with two attached hydrogens (primary N) is 1. The summed E-state index contributed by atoms with van der Waals surface area (Å²) in [5.74, 6) is -0.744. The molecule has 1 aliphatic heterocycles. The van der Waals surface area contributed by atoms with Gasteiger partial charge in [0.15, 0.2) is 17.3 Å². The number of carbonyl (C=O) groups excluding carboxylic acids is 1. The lowest BCUT2D eigenvalue weighted by atomic mass is 10.1. The molecule has 3 N–H and O–H groups in total. The number of nitrogens with one attached hydrogen (secondary N) is 1. The number of rotatable bonds is 5. The predicted molar refractivity (Wildman–Crippen MR) is 119 cm³/mol. The van der Waals surface area contributed by atoms with Crippen LogP contribution >= 0.6 is 0 Å². The molecule has 4 aromatic heterocycles. The van der Waals surface area contributed by atoms with E-state index in [-0.39, 0.29) is 53.2 Å². The van der Waals surface area contributed by atoms with E-state index in [1.54, 1.807) is 13.0 Å². The van der Waals surface area contributed by atoms with Gasteiger partial charge in [-0.15, -0.1) is 5.10 Å². The highest BCUT2D eigenvalue weighted by Gasteiger charge is 2.35. The van der Waals surface area contributed by atoms with Crippen LogP contribution < -0.4 is 11.1 Å². The fraction of sp³-hybridized carbons (Fsp3) is 0.381. The molecule has 1 saturated heterocycles. The molecule has 4 aromatic rings. The van der Waals surface area contributed by atoms with Crippen molar-refractivity contribution in [2.24, 2.45) is 0 Å². The van der Waals surface area contributed by atoms with Crippen molar-refractivity contribution in [3.05, 3.63) is 30.0 Å². The minimum absolute atomic E-state index is 0.00890. The third-order valence-corrected chi connectivity index (χ3v) is 5.98. The summed E-state index contributed by atoms with van der Waals surface area (Å²) in [6.45, 7) is 2.41. The molecule has 1 fully saturated rings. The number of hydrogen-bond acceptors (Lipinski definition) is 7. The molecule has 35 heavy (non-hydrogen) atoms. The number of hydrogen-bond donors (Lipinski definition) is 2. The molecular formula is C21H21F4N9O. The second-order valence-electron chi connectivity index (χ2n) is 8.36. The van der Waals surface area contributed by atoms with E-state index in [4.69, 9.17) is 5.73 Å². The first-order chi connectivity index (χ1) is 16.6. The molecule has 10 nitrogen and oxygen atoms in total. The van der Waals surface area contributed by atoms with Crippen LogP contribution in [0.1, 0.15) is 12.7 Å². The Morgan fingerprint density at radius 3 is 2.71 bits per heavy atom. The number of aromatic nitrogens is 6. The van der Waals surface area contributed by atoms with Crippen molar-refractivity contribution in [1.29, 1.82) is 0 Å². The molecule has 0 unspecified atom stereocenters. The van der Waals surface area contributed by atoms with Gasteiger partial charge in [-0.05, 0) is 19.1 Å². The van der Waals surface area contributed by atoms with Crippen molar-refractivity contribution in [2.75, 3.05) is 24.1 Å². The summed E-state index contributed by atoms with van der Waals surface area (Å²) in [6.07, 6.45) is -2.89. The first-order valence-corrected chi connectivity index (χ1v) is 10.7. The zero-order chi connectivity index (χ0) is 25.0. The molecule has 0 saturated carbocycles. The standard InChI is InChI=1S/C21H21F4N9O/c1-9-27-14-4-3-13(28-20(14)33(9)8-16(24)25)17-12(23)6-34-18(17)19(26)30-21(31-34)29-15-7-32(10(2)35)5-11(15)22/h3-4,6,11,15-16H,5,7-8H2,1-2H3,(H3,26,29,30,31)/t11-,15+/m0/s1. The van der Waals surface area contributed by atoms with E-state index in [1.165, 1.54) is 22.5 Å². The topological polar surface area (TPSA) is 119 Å². The maximum Gasteiger partial charge on any atom is 0.256 e. The van der Waals surface area contributed by atoms with Crippen LogP contribution in [0.3, 0.4) is 0 Å². The molecule has 0 aliphatic carbocycles. The smallest absolute Gasteiger partial charge is 0.256 e. The van der Waals surface area contributed by atoms with Gasteiger partial charge in [0.05, 0.1) is 36.6 Å². The molecule has 0 bridgehead atoms. The molecule has 0 aromatic carbocycles. The second-order valence-corrected chi connectivity index (χ2v) is 8.36. The maximum atomic E-state index is 15.1. The summed E-state index contributed by atoms with van der Waals surface area (Å²) >= 11 is 0. The maximum absolute atomic E-state index is 15.1. The average molecular weight is 491 g/mol.